The molecule has 1 aromatic carbocycles. The molecule has 1 aliphatic carbocycles. The summed E-state index contributed by atoms with van der Waals surface area (Å²) in [6.07, 6.45) is 3.56. The summed E-state index contributed by atoms with van der Waals surface area (Å²) in [6, 6.07) is 9.24. The third kappa shape index (κ3) is 3.22. The Hall–Kier alpha value is -1.51. The summed E-state index contributed by atoms with van der Waals surface area (Å²) in [5, 5.41) is 0. The summed E-state index contributed by atoms with van der Waals surface area (Å²) < 4.78 is 5.32. The van der Waals surface area contributed by atoms with Crippen molar-refractivity contribution in [2.75, 3.05) is 13.1 Å². The first-order chi connectivity index (χ1) is 8.29. The van der Waals surface area contributed by atoms with Gasteiger partial charge in [0.2, 0.25) is 0 Å². The maximum absolute atomic E-state index is 11.9. The number of carbonyl (C=O) groups excluding carboxylic acids is 1. The first kappa shape index (κ1) is 12.0. The van der Waals surface area contributed by atoms with Crippen molar-refractivity contribution in [1.29, 1.82) is 0 Å². The number of para-hydroxylation sites is 1. The number of ether oxygens (including phenoxy) is 1. The molecule has 0 radical (unpaired) electrons. The van der Waals surface area contributed by atoms with E-state index in [0.29, 0.717) is 18.2 Å². The van der Waals surface area contributed by atoms with Gasteiger partial charge in [-0.05, 0) is 37.8 Å². The summed E-state index contributed by atoms with van der Waals surface area (Å²) in [7, 11) is 0. The van der Waals surface area contributed by atoms with E-state index in [0.717, 1.165) is 6.54 Å². The molecule has 0 N–H and O–H groups in total. The molecule has 0 aromatic heterocycles. The van der Waals surface area contributed by atoms with Crippen molar-refractivity contribution >= 4 is 6.09 Å². The first-order valence-electron chi connectivity index (χ1n) is 6.31. The molecular weight excluding hydrogens is 214 g/mol. The number of nitrogens with zero attached hydrogens (tertiary/aromatic N) is 1. The fraction of sp³-hybridized carbons (Fsp3) is 0.500. The molecule has 3 heteroatoms. The number of carbonyl (C=O) groups is 1. The number of amides is 1. The van der Waals surface area contributed by atoms with Crippen molar-refractivity contribution < 1.29 is 9.53 Å². The van der Waals surface area contributed by atoms with Crippen molar-refractivity contribution in [2.24, 2.45) is 5.92 Å². The highest BCUT2D eigenvalue weighted by atomic mass is 16.6. The minimum atomic E-state index is -0.231. The van der Waals surface area contributed by atoms with Gasteiger partial charge in [0.15, 0.2) is 0 Å². The van der Waals surface area contributed by atoms with Crippen molar-refractivity contribution in [3.8, 4) is 5.75 Å². The van der Waals surface area contributed by atoms with E-state index in [2.05, 4.69) is 0 Å². The Morgan fingerprint density at radius 1 is 1.35 bits per heavy atom. The van der Waals surface area contributed by atoms with Crippen LogP contribution in [0.5, 0.6) is 5.75 Å². The van der Waals surface area contributed by atoms with E-state index >= 15 is 0 Å². The van der Waals surface area contributed by atoms with Crippen LogP contribution in [0, 0.1) is 5.92 Å². The second kappa shape index (κ2) is 5.71. The zero-order chi connectivity index (χ0) is 12.1. The van der Waals surface area contributed by atoms with E-state index in [1.165, 1.54) is 19.3 Å². The fourth-order valence-corrected chi connectivity index (χ4v) is 1.97. The SMILES string of the molecule is CCN(CC1CCC1)C(=O)Oc1ccccc1. The van der Waals surface area contributed by atoms with Crippen molar-refractivity contribution in [1.82, 2.24) is 4.90 Å². The quantitative estimate of drug-likeness (QED) is 0.798. The van der Waals surface area contributed by atoms with Gasteiger partial charge in [-0.1, -0.05) is 24.6 Å². The fourth-order valence-electron chi connectivity index (χ4n) is 1.97. The Balaban J connectivity index is 1.88. The van der Waals surface area contributed by atoms with E-state index in [-0.39, 0.29) is 6.09 Å². The van der Waals surface area contributed by atoms with Crippen LogP contribution < -0.4 is 4.74 Å². The number of hydrogen-bond acceptors (Lipinski definition) is 2. The van der Waals surface area contributed by atoms with Crippen LogP contribution in [0.3, 0.4) is 0 Å². The van der Waals surface area contributed by atoms with E-state index in [9.17, 15) is 4.79 Å². The van der Waals surface area contributed by atoms with E-state index in [1.807, 2.05) is 25.1 Å². The van der Waals surface area contributed by atoms with Crippen molar-refractivity contribution in [2.45, 2.75) is 26.2 Å². The summed E-state index contributed by atoms with van der Waals surface area (Å²) in [6.45, 7) is 3.54. The molecule has 0 unspecified atom stereocenters. The molecule has 0 heterocycles. The molecule has 1 fully saturated rings. The van der Waals surface area contributed by atoms with Crippen LogP contribution in [0.2, 0.25) is 0 Å². The molecule has 17 heavy (non-hydrogen) atoms. The average molecular weight is 233 g/mol. The van der Waals surface area contributed by atoms with Gasteiger partial charge in [0.25, 0.3) is 0 Å². The zero-order valence-corrected chi connectivity index (χ0v) is 10.3. The van der Waals surface area contributed by atoms with Crippen LogP contribution in [0.4, 0.5) is 4.79 Å². The average Bonchev–Trinajstić information content (AvgIpc) is 2.29. The Morgan fingerprint density at radius 2 is 2.06 bits per heavy atom. The predicted molar refractivity (Wildman–Crippen MR) is 67.1 cm³/mol. The van der Waals surface area contributed by atoms with Gasteiger partial charge in [-0.2, -0.15) is 0 Å². The van der Waals surface area contributed by atoms with Gasteiger partial charge in [0.05, 0.1) is 0 Å². The lowest BCUT2D eigenvalue weighted by Crippen LogP contribution is -2.38. The van der Waals surface area contributed by atoms with Gasteiger partial charge < -0.3 is 9.64 Å². The Bertz CT molecular complexity index is 360. The highest BCUT2D eigenvalue weighted by molar-refractivity contribution is 5.70. The lowest BCUT2D eigenvalue weighted by atomic mass is 9.85. The lowest BCUT2D eigenvalue weighted by Gasteiger charge is -2.31. The van der Waals surface area contributed by atoms with E-state index in [1.54, 1.807) is 17.0 Å². The maximum atomic E-state index is 11.9. The molecule has 0 spiro atoms. The monoisotopic (exact) mass is 233 g/mol. The van der Waals surface area contributed by atoms with Crippen LogP contribution in [0.15, 0.2) is 30.3 Å². The molecule has 92 valence electrons. The molecule has 2 rings (SSSR count). The van der Waals surface area contributed by atoms with Gasteiger partial charge in [-0.15, -0.1) is 0 Å². The van der Waals surface area contributed by atoms with Gasteiger partial charge in [-0.25, -0.2) is 4.79 Å². The first-order valence-corrected chi connectivity index (χ1v) is 6.31. The summed E-state index contributed by atoms with van der Waals surface area (Å²) in [4.78, 5) is 13.7. The smallest absolute Gasteiger partial charge is 0.410 e. The third-order valence-corrected chi connectivity index (χ3v) is 3.29. The van der Waals surface area contributed by atoms with Crippen LogP contribution in [0.1, 0.15) is 26.2 Å². The Morgan fingerprint density at radius 3 is 2.59 bits per heavy atom. The summed E-state index contributed by atoms with van der Waals surface area (Å²) >= 11 is 0. The van der Waals surface area contributed by atoms with Crippen molar-refractivity contribution in [3.05, 3.63) is 30.3 Å². The molecule has 1 aromatic rings. The Kier molecular flexibility index (Phi) is 4.02. The number of rotatable bonds is 4. The zero-order valence-electron chi connectivity index (χ0n) is 10.3. The standard InChI is InChI=1S/C14H19NO2/c1-2-15(11-12-7-6-8-12)14(16)17-13-9-4-3-5-10-13/h3-5,9-10,12H,2,6-8,11H2,1H3. The molecule has 0 aliphatic heterocycles. The van der Waals surface area contributed by atoms with Gasteiger partial charge in [0, 0.05) is 13.1 Å². The van der Waals surface area contributed by atoms with Crippen LogP contribution in [0.25, 0.3) is 0 Å². The van der Waals surface area contributed by atoms with Gasteiger partial charge in [-0.3, -0.25) is 0 Å². The van der Waals surface area contributed by atoms with E-state index < -0.39 is 0 Å². The molecule has 1 amide bonds. The predicted octanol–water partition coefficient (Wildman–Crippen LogP) is 3.31. The lowest BCUT2D eigenvalue weighted by molar-refractivity contribution is 0.133. The molecular formula is C14H19NO2. The summed E-state index contributed by atoms with van der Waals surface area (Å²) in [5.74, 6) is 1.29. The Labute approximate surface area is 102 Å². The molecule has 1 aliphatic rings. The van der Waals surface area contributed by atoms with Crippen LogP contribution in [-0.2, 0) is 0 Å². The molecule has 0 saturated heterocycles. The van der Waals surface area contributed by atoms with Gasteiger partial charge >= 0.3 is 6.09 Å². The number of hydrogen-bond donors (Lipinski definition) is 0. The largest absolute Gasteiger partial charge is 0.415 e. The highest BCUT2D eigenvalue weighted by Gasteiger charge is 2.23. The minimum Gasteiger partial charge on any atom is -0.410 e. The molecule has 0 bridgehead atoms. The topological polar surface area (TPSA) is 29.5 Å². The number of benzene rings is 1. The minimum absolute atomic E-state index is 0.231. The van der Waals surface area contributed by atoms with Crippen LogP contribution >= 0.6 is 0 Å². The second-order valence-corrected chi connectivity index (χ2v) is 4.52. The normalized spacial score (nSPS) is 15.1. The van der Waals surface area contributed by atoms with Gasteiger partial charge in [0.1, 0.15) is 5.75 Å². The molecule has 1 saturated carbocycles. The third-order valence-electron chi connectivity index (χ3n) is 3.29. The highest BCUT2D eigenvalue weighted by Crippen LogP contribution is 2.27. The molecule has 0 atom stereocenters. The van der Waals surface area contributed by atoms with Crippen LogP contribution in [-0.4, -0.2) is 24.1 Å². The van der Waals surface area contributed by atoms with Crippen molar-refractivity contribution in [3.63, 3.8) is 0 Å². The molecule has 3 nitrogen and oxygen atoms in total. The maximum Gasteiger partial charge on any atom is 0.415 e. The second-order valence-electron chi connectivity index (χ2n) is 4.52. The summed E-state index contributed by atoms with van der Waals surface area (Å²) in [5.41, 5.74) is 0. The van der Waals surface area contributed by atoms with E-state index in [4.69, 9.17) is 4.74 Å².